The monoisotopic (exact) mass is 450 g/mol. The van der Waals surface area contributed by atoms with E-state index in [-0.39, 0.29) is 11.5 Å². The van der Waals surface area contributed by atoms with Crippen LogP contribution in [0.15, 0.2) is 29.1 Å². The maximum absolute atomic E-state index is 12.8. The molecular weight excluding hydrogens is 432 g/mol. The minimum Gasteiger partial charge on any atom is -0.462 e. The summed E-state index contributed by atoms with van der Waals surface area (Å²) in [6.07, 6.45) is 0. The van der Waals surface area contributed by atoms with E-state index in [0.29, 0.717) is 31.7 Å². The van der Waals surface area contributed by atoms with E-state index < -0.39 is 11.9 Å². The lowest BCUT2D eigenvalue weighted by molar-refractivity contribution is 0.0529. The Hall–Kier alpha value is -2.42. The first-order valence-electron chi connectivity index (χ1n) is 8.78. The second-order valence-electron chi connectivity index (χ2n) is 6.26. The number of thiophene rings is 1. The lowest BCUT2D eigenvalue weighted by Crippen LogP contribution is -2.15. The van der Waals surface area contributed by atoms with Crippen LogP contribution in [0.1, 0.15) is 37.5 Å². The molecule has 0 radical (unpaired) electrons. The van der Waals surface area contributed by atoms with Crippen LogP contribution in [-0.2, 0) is 11.8 Å². The molecule has 3 rings (SSSR count). The van der Waals surface area contributed by atoms with Crippen LogP contribution in [-0.4, -0.2) is 23.1 Å². The number of aryl methyl sites for hydroxylation is 1. The number of hydrogen-bond acceptors (Lipinski definition) is 6. The number of rotatable bonds is 5. The molecule has 0 spiro atoms. The topological polar surface area (TPSA) is 77.4 Å². The first-order valence-corrected chi connectivity index (χ1v) is 10.8. The Bertz CT molecular complexity index is 1140. The second kappa shape index (κ2) is 8.52. The van der Waals surface area contributed by atoms with E-state index in [2.05, 4.69) is 5.32 Å². The van der Waals surface area contributed by atoms with Crippen molar-refractivity contribution < 1.29 is 14.3 Å². The first-order chi connectivity index (χ1) is 13.7. The third-order valence-corrected chi connectivity index (χ3v) is 6.83. The van der Waals surface area contributed by atoms with Crippen molar-refractivity contribution >= 4 is 51.2 Å². The molecule has 2 heterocycles. The number of amides is 1. The number of thiazole rings is 1. The number of nitrogens with one attached hydrogen (secondary N) is 1. The van der Waals surface area contributed by atoms with Gasteiger partial charge in [0.05, 0.1) is 6.61 Å². The quantitative estimate of drug-likeness (QED) is 0.562. The lowest BCUT2D eigenvalue weighted by Gasteiger charge is -2.09. The van der Waals surface area contributed by atoms with Crippen LogP contribution in [0.2, 0.25) is 5.02 Å². The third-order valence-electron chi connectivity index (χ3n) is 4.42. The SMILES string of the molecule is CCOC(=O)c1c(NC(=O)c2sc(=O)n(C)c2C)sc(C)c1-c1ccc(Cl)cc1. The summed E-state index contributed by atoms with van der Waals surface area (Å²) in [6, 6.07) is 7.12. The van der Waals surface area contributed by atoms with Crippen molar-refractivity contribution in [3.8, 4) is 11.1 Å². The van der Waals surface area contributed by atoms with E-state index in [9.17, 15) is 14.4 Å². The number of benzene rings is 1. The van der Waals surface area contributed by atoms with Crippen molar-refractivity contribution in [3.63, 3.8) is 0 Å². The summed E-state index contributed by atoms with van der Waals surface area (Å²) in [4.78, 5) is 38.4. The van der Waals surface area contributed by atoms with Gasteiger partial charge >= 0.3 is 10.8 Å². The number of carbonyl (C=O) groups excluding carboxylic acids is 2. The molecule has 1 aromatic carbocycles. The molecule has 2 aromatic heterocycles. The first kappa shape index (κ1) is 21.3. The predicted octanol–water partition coefficient (Wildman–Crippen LogP) is 4.87. The standard InChI is InChI=1S/C20H19ClN2O4S2/c1-5-27-19(25)15-14(12-6-8-13(21)9-7-12)11(3)28-18(15)22-17(24)16-10(2)23(4)20(26)29-16/h6-9H,5H2,1-4H3,(H,22,24). The van der Waals surface area contributed by atoms with Gasteiger partial charge in [0.15, 0.2) is 0 Å². The summed E-state index contributed by atoms with van der Waals surface area (Å²) in [5.74, 6) is -0.949. The Kier molecular flexibility index (Phi) is 6.26. The molecule has 0 atom stereocenters. The van der Waals surface area contributed by atoms with Gasteiger partial charge in [-0.3, -0.25) is 9.59 Å². The second-order valence-corrected chi connectivity index (χ2v) is 8.88. The maximum Gasteiger partial charge on any atom is 0.341 e. The molecule has 0 saturated heterocycles. The molecule has 0 aliphatic rings. The molecule has 0 aliphatic carbocycles. The van der Waals surface area contributed by atoms with Crippen molar-refractivity contribution in [2.45, 2.75) is 20.8 Å². The fraction of sp³-hybridized carbons (Fsp3) is 0.250. The highest BCUT2D eigenvalue weighted by molar-refractivity contribution is 7.17. The average molecular weight is 451 g/mol. The molecule has 1 N–H and O–H groups in total. The summed E-state index contributed by atoms with van der Waals surface area (Å²) < 4.78 is 6.66. The number of esters is 1. The van der Waals surface area contributed by atoms with Gasteiger partial charge in [0.1, 0.15) is 15.4 Å². The normalized spacial score (nSPS) is 10.8. The Morgan fingerprint density at radius 2 is 1.83 bits per heavy atom. The van der Waals surface area contributed by atoms with E-state index in [1.807, 2.05) is 19.1 Å². The summed E-state index contributed by atoms with van der Waals surface area (Å²) >= 11 is 8.15. The van der Waals surface area contributed by atoms with Gasteiger partial charge in [0.25, 0.3) is 5.91 Å². The number of anilines is 1. The van der Waals surface area contributed by atoms with Crippen LogP contribution in [0.4, 0.5) is 5.00 Å². The highest BCUT2D eigenvalue weighted by atomic mass is 35.5. The van der Waals surface area contributed by atoms with Gasteiger partial charge < -0.3 is 14.6 Å². The Morgan fingerprint density at radius 3 is 2.38 bits per heavy atom. The Balaban J connectivity index is 2.08. The van der Waals surface area contributed by atoms with E-state index in [0.717, 1.165) is 21.8 Å². The van der Waals surface area contributed by atoms with E-state index >= 15 is 0 Å². The molecule has 0 unspecified atom stereocenters. The molecule has 0 fully saturated rings. The van der Waals surface area contributed by atoms with Crippen LogP contribution in [0.5, 0.6) is 0 Å². The van der Waals surface area contributed by atoms with Crippen LogP contribution in [0, 0.1) is 13.8 Å². The number of hydrogen-bond donors (Lipinski definition) is 1. The fourth-order valence-electron chi connectivity index (χ4n) is 2.88. The number of ether oxygens (including phenoxy) is 1. The van der Waals surface area contributed by atoms with Gasteiger partial charge in [0, 0.05) is 28.2 Å². The number of aromatic nitrogens is 1. The minimum absolute atomic E-state index is 0.209. The lowest BCUT2D eigenvalue weighted by atomic mass is 10.0. The molecule has 9 heteroatoms. The molecule has 3 aromatic rings. The third kappa shape index (κ3) is 4.14. The molecule has 0 saturated carbocycles. The summed E-state index contributed by atoms with van der Waals surface area (Å²) in [5, 5.41) is 3.77. The van der Waals surface area contributed by atoms with Crippen LogP contribution < -0.4 is 10.2 Å². The highest BCUT2D eigenvalue weighted by Crippen LogP contribution is 2.41. The Morgan fingerprint density at radius 1 is 1.17 bits per heavy atom. The van der Waals surface area contributed by atoms with Gasteiger partial charge in [-0.25, -0.2) is 4.79 Å². The summed E-state index contributed by atoms with van der Waals surface area (Å²) in [5.41, 5.74) is 2.36. The van der Waals surface area contributed by atoms with E-state index in [1.165, 1.54) is 15.9 Å². The van der Waals surface area contributed by atoms with Gasteiger partial charge in [-0.15, -0.1) is 11.3 Å². The number of carbonyl (C=O) groups is 2. The molecule has 0 aliphatic heterocycles. The zero-order valence-corrected chi connectivity index (χ0v) is 18.7. The number of halogens is 1. The molecular formula is C20H19ClN2O4S2. The molecule has 0 bridgehead atoms. The molecule has 29 heavy (non-hydrogen) atoms. The van der Waals surface area contributed by atoms with Crippen LogP contribution >= 0.6 is 34.3 Å². The van der Waals surface area contributed by atoms with Gasteiger partial charge in [-0.05, 0) is 38.5 Å². The number of nitrogens with zero attached hydrogens (tertiary/aromatic N) is 1. The zero-order chi connectivity index (χ0) is 21.3. The van der Waals surface area contributed by atoms with E-state index in [1.54, 1.807) is 33.0 Å². The largest absolute Gasteiger partial charge is 0.462 e. The van der Waals surface area contributed by atoms with Gasteiger partial charge in [-0.2, -0.15) is 0 Å². The highest BCUT2D eigenvalue weighted by Gasteiger charge is 2.27. The molecule has 1 amide bonds. The smallest absolute Gasteiger partial charge is 0.341 e. The van der Waals surface area contributed by atoms with Crippen molar-refractivity contribution in [2.75, 3.05) is 11.9 Å². The van der Waals surface area contributed by atoms with Gasteiger partial charge in [-0.1, -0.05) is 35.1 Å². The zero-order valence-electron chi connectivity index (χ0n) is 16.3. The summed E-state index contributed by atoms with van der Waals surface area (Å²) in [6.45, 7) is 5.51. The van der Waals surface area contributed by atoms with Crippen LogP contribution in [0.25, 0.3) is 11.1 Å². The molecule has 152 valence electrons. The Labute approximate surface area is 180 Å². The van der Waals surface area contributed by atoms with Crippen molar-refractivity contribution in [1.29, 1.82) is 0 Å². The summed E-state index contributed by atoms with van der Waals surface area (Å²) in [7, 11) is 1.61. The van der Waals surface area contributed by atoms with Crippen molar-refractivity contribution in [3.05, 3.63) is 60.0 Å². The van der Waals surface area contributed by atoms with Gasteiger partial charge in [0.2, 0.25) is 0 Å². The minimum atomic E-state index is -0.518. The predicted molar refractivity (Wildman–Crippen MR) is 118 cm³/mol. The van der Waals surface area contributed by atoms with Crippen molar-refractivity contribution in [1.82, 2.24) is 4.57 Å². The van der Waals surface area contributed by atoms with Crippen LogP contribution in [0.3, 0.4) is 0 Å². The van der Waals surface area contributed by atoms with Crippen molar-refractivity contribution in [2.24, 2.45) is 7.05 Å². The molecule has 6 nitrogen and oxygen atoms in total. The average Bonchev–Trinajstić information content (AvgIpc) is 3.13. The van der Waals surface area contributed by atoms with E-state index in [4.69, 9.17) is 16.3 Å². The maximum atomic E-state index is 12.8. The fourth-order valence-corrected chi connectivity index (χ4v) is 4.95.